The molecule has 2 aromatic heterocycles. The molecule has 210 valence electrons. The highest BCUT2D eigenvalue weighted by Gasteiger charge is 2.52. The van der Waals surface area contributed by atoms with Crippen LogP contribution >= 0.6 is 0 Å². The lowest BCUT2D eigenvalue weighted by molar-refractivity contribution is -0.158. The van der Waals surface area contributed by atoms with Gasteiger partial charge in [-0.3, -0.25) is 14.3 Å². The highest BCUT2D eigenvalue weighted by molar-refractivity contribution is 7.91. The van der Waals surface area contributed by atoms with Crippen molar-refractivity contribution < 1.29 is 33.0 Å². The van der Waals surface area contributed by atoms with Crippen molar-refractivity contribution in [2.24, 2.45) is 17.9 Å². The van der Waals surface area contributed by atoms with Crippen LogP contribution in [0.5, 0.6) is 0 Å². The molecule has 0 saturated heterocycles. The fourth-order valence-electron chi connectivity index (χ4n) is 6.48. The maximum absolute atomic E-state index is 13.3. The molecule has 3 aliphatic carbocycles. The molecule has 40 heavy (non-hydrogen) atoms. The minimum absolute atomic E-state index is 0.0368. The van der Waals surface area contributed by atoms with Gasteiger partial charge >= 0.3 is 11.9 Å². The molecule has 0 radical (unpaired) electrons. The summed E-state index contributed by atoms with van der Waals surface area (Å²) in [5.74, 6) is -2.35. The first-order valence-corrected chi connectivity index (χ1v) is 14.6. The smallest absolute Gasteiger partial charge is 0.335 e. The summed E-state index contributed by atoms with van der Waals surface area (Å²) in [7, 11) is -2.08. The number of anilines is 1. The lowest BCUT2D eigenvalue weighted by Crippen LogP contribution is -2.50. The van der Waals surface area contributed by atoms with Crippen molar-refractivity contribution >= 4 is 44.5 Å². The van der Waals surface area contributed by atoms with E-state index in [1.165, 1.54) is 23.1 Å². The van der Waals surface area contributed by atoms with Gasteiger partial charge in [0.15, 0.2) is 21.3 Å². The molecular weight excluding hydrogens is 540 g/mol. The van der Waals surface area contributed by atoms with Crippen LogP contribution in [0.3, 0.4) is 0 Å². The van der Waals surface area contributed by atoms with E-state index in [4.69, 9.17) is 0 Å². The second-order valence-electron chi connectivity index (χ2n) is 11.2. The van der Waals surface area contributed by atoms with Crippen LogP contribution in [0.1, 0.15) is 71.0 Å². The third-order valence-electron chi connectivity index (χ3n) is 8.98. The summed E-state index contributed by atoms with van der Waals surface area (Å²) in [5, 5.41) is 29.5. The molecule has 3 heterocycles. The van der Waals surface area contributed by atoms with E-state index in [1.54, 1.807) is 7.05 Å². The van der Waals surface area contributed by atoms with Crippen LogP contribution in [0, 0.1) is 10.8 Å². The third kappa shape index (κ3) is 4.08. The molecule has 3 fully saturated rings. The molecule has 3 saturated carbocycles. The van der Waals surface area contributed by atoms with E-state index in [9.17, 15) is 33.0 Å². The van der Waals surface area contributed by atoms with Crippen LogP contribution in [-0.2, 0) is 21.7 Å². The number of nitrogens with zero attached hydrogens (tertiary/aromatic N) is 4. The van der Waals surface area contributed by atoms with Crippen LogP contribution in [0.15, 0.2) is 29.4 Å². The molecule has 7 rings (SSSR count). The number of benzene rings is 1. The molecule has 1 aliphatic heterocycles. The summed E-state index contributed by atoms with van der Waals surface area (Å²) < 4.78 is 27.0. The summed E-state index contributed by atoms with van der Waals surface area (Å²) in [6.07, 6.45) is 5.34. The molecule has 4 N–H and O–H groups in total. The number of carbonyl (C=O) groups is 3. The lowest BCUT2D eigenvalue weighted by atomic mass is 9.53. The molecule has 14 heteroatoms. The number of aliphatic carboxylic acids is 1. The van der Waals surface area contributed by atoms with E-state index in [1.807, 2.05) is 0 Å². The second-order valence-corrected chi connectivity index (χ2v) is 13.2. The fourth-order valence-corrected chi connectivity index (χ4v) is 8.24. The summed E-state index contributed by atoms with van der Waals surface area (Å²) >= 11 is 0. The van der Waals surface area contributed by atoms with Gasteiger partial charge in [-0.05, 0) is 61.6 Å². The Morgan fingerprint density at radius 3 is 2.42 bits per heavy atom. The molecule has 2 bridgehead atoms. The minimum atomic E-state index is -3.72. The molecule has 1 amide bonds. The van der Waals surface area contributed by atoms with Crippen LogP contribution in [0.2, 0.25) is 0 Å². The summed E-state index contributed by atoms with van der Waals surface area (Å²) in [6, 6.07) is 3.31. The fraction of sp³-hybridized carbons (Fsp3) is 0.462. The first-order valence-electron chi connectivity index (χ1n) is 13.0. The van der Waals surface area contributed by atoms with Gasteiger partial charge in [-0.15, -0.1) is 0 Å². The van der Waals surface area contributed by atoms with E-state index < -0.39 is 39.1 Å². The molecule has 1 unspecified atom stereocenters. The van der Waals surface area contributed by atoms with Gasteiger partial charge in [0.1, 0.15) is 17.4 Å². The van der Waals surface area contributed by atoms with E-state index >= 15 is 0 Å². The Hall–Kier alpha value is -4.07. The predicted molar refractivity (Wildman–Crippen MR) is 141 cm³/mol. The zero-order chi connectivity index (χ0) is 28.4. The number of hydrogen-bond donors (Lipinski definition) is 4. The number of carboxylic acid groups (broad SMARTS) is 2. The minimum Gasteiger partial charge on any atom is -0.481 e. The maximum atomic E-state index is 13.3. The number of aromatic nitrogens is 4. The van der Waals surface area contributed by atoms with Crippen molar-refractivity contribution in [3.8, 4) is 0 Å². The third-order valence-corrected chi connectivity index (χ3v) is 10.8. The zero-order valence-corrected chi connectivity index (χ0v) is 22.5. The average Bonchev–Trinajstić information content (AvgIpc) is 3.40. The van der Waals surface area contributed by atoms with Gasteiger partial charge in [0, 0.05) is 13.6 Å². The summed E-state index contributed by atoms with van der Waals surface area (Å²) in [6.45, 7) is 0.422. The number of hydrogen-bond acceptors (Lipinski definition) is 9. The Bertz CT molecular complexity index is 1670. The van der Waals surface area contributed by atoms with Crippen LogP contribution in [0.4, 0.5) is 5.82 Å². The highest BCUT2D eigenvalue weighted by Crippen LogP contribution is 2.56. The number of aromatic carboxylic acids is 1. The summed E-state index contributed by atoms with van der Waals surface area (Å²) in [4.78, 5) is 44.9. The van der Waals surface area contributed by atoms with Crippen molar-refractivity contribution in [2.45, 2.75) is 49.5 Å². The van der Waals surface area contributed by atoms with Crippen molar-refractivity contribution in [1.29, 1.82) is 0 Å². The van der Waals surface area contributed by atoms with E-state index in [0.29, 0.717) is 42.4 Å². The van der Waals surface area contributed by atoms with Gasteiger partial charge in [0.05, 0.1) is 27.7 Å². The first kappa shape index (κ1) is 26.2. The molecule has 1 aromatic carbocycles. The lowest BCUT2D eigenvalue weighted by Gasteiger charge is -2.51. The molecular formula is C26H28N6O7S. The van der Waals surface area contributed by atoms with E-state index in [0.717, 1.165) is 25.3 Å². The Morgan fingerprint density at radius 2 is 1.77 bits per heavy atom. The molecule has 0 spiro atoms. The Labute approximate surface area is 228 Å². The van der Waals surface area contributed by atoms with Crippen LogP contribution in [0.25, 0.3) is 11.0 Å². The van der Waals surface area contributed by atoms with Gasteiger partial charge in [-0.1, -0.05) is 6.07 Å². The quantitative estimate of drug-likeness (QED) is 0.326. The largest absolute Gasteiger partial charge is 0.481 e. The average molecular weight is 569 g/mol. The van der Waals surface area contributed by atoms with Crippen LogP contribution in [-0.4, -0.2) is 68.5 Å². The Balaban J connectivity index is 1.23. The monoisotopic (exact) mass is 568 g/mol. The van der Waals surface area contributed by atoms with Crippen molar-refractivity contribution in [2.75, 3.05) is 17.6 Å². The van der Waals surface area contributed by atoms with Gasteiger partial charge < -0.3 is 20.8 Å². The van der Waals surface area contributed by atoms with E-state index in [-0.39, 0.29) is 33.1 Å². The van der Waals surface area contributed by atoms with Crippen molar-refractivity contribution in [3.63, 3.8) is 0 Å². The number of nitrogens with one attached hydrogen (secondary N) is 2. The number of fused-ring (bicyclic) bond motifs is 5. The number of carbonyl (C=O) groups excluding carboxylic acids is 1. The molecule has 13 nitrogen and oxygen atoms in total. The van der Waals surface area contributed by atoms with Crippen molar-refractivity contribution in [1.82, 2.24) is 25.1 Å². The second kappa shape index (κ2) is 8.98. The Morgan fingerprint density at radius 1 is 1.07 bits per heavy atom. The zero-order valence-electron chi connectivity index (χ0n) is 21.7. The number of amides is 1. The maximum Gasteiger partial charge on any atom is 0.335 e. The van der Waals surface area contributed by atoms with Gasteiger partial charge in [0.2, 0.25) is 0 Å². The SMILES string of the molecule is Cn1nc(NC2CS(=O)(=O)c3cc(C(=O)O)ccc32)c2ncnc(C(=O)NCC34CCC(C(=O)O)(CC3)CC4)c21. The number of rotatable bonds is 7. The standard InChI is InChI=1S/C26H28N6O7S/c1-32-20-18(21(31-32)30-16-11-40(38,39)17-10-14(23(34)35)2-3-15(16)17)28-13-29-19(20)22(33)27-12-25-4-7-26(8-5-25,9-6-25)24(36)37/h2-3,10,13,16H,4-9,11-12H2,1H3,(H,27,33)(H,30,31)(H,34,35)(H,36,37). The van der Waals surface area contributed by atoms with Gasteiger partial charge in [-0.25, -0.2) is 23.2 Å². The molecule has 1 atom stereocenters. The van der Waals surface area contributed by atoms with Crippen LogP contribution < -0.4 is 10.6 Å². The summed E-state index contributed by atoms with van der Waals surface area (Å²) in [5.41, 5.74) is 0.413. The van der Waals surface area contributed by atoms with Crippen molar-refractivity contribution in [3.05, 3.63) is 41.3 Å². The number of sulfone groups is 1. The van der Waals surface area contributed by atoms with E-state index in [2.05, 4.69) is 25.7 Å². The van der Waals surface area contributed by atoms with Gasteiger partial charge in [0.25, 0.3) is 5.91 Å². The molecule has 4 aliphatic rings. The van der Waals surface area contributed by atoms with Gasteiger partial charge in [-0.2, -0.15) is 5.10 Å². The number of aryl methyl sites for hydroxylation is 1. The molecule has 3 aromatic rings. The highest BCUT2D eigenvalue weighted by atomic mass is 32.2. The topological polar surface area (TPSA) is 193 Å². The first-order chi connectivity index (χ1) is 18.9. The normalized spacial score (nSPS) is 26.4. The predicted octanol–water partition coefficient (Wildman–Crippen LogP) is 2.16. The number of carboxylic acids is 2. The Kier molecular flexibility index (Phi) is 5.87.